The maximum absolute atomic E-state index is 5.59. The molecule has 0 radical (unpaired) electrons. The Hall–Kier alpha value is -2.56. The highest BCUT2D eigenvalue weighted by atomic mass is 16.5. The molecule has 0 spiro atoms. The van der Waals surface area contributed by atoms with Gasteiger partial charge in [-0.05, 0) is 19.1 Å². The largest absolute Gasteiger partial charge is 0.493 e. The van der Waals surface area contributed by atoms with E-state index in [0.717, 1.165) is 11.3 Å². The lowest BCUT2D eigenvalue weighted by Gasteiger charge is -2.08. The monoisotopic (exact) mass is 252 g/mol. The van der Waals surface area contributed by atoms with E-state index in [9.17, 15) is 0 Å². The number of aromatic nitrogens is 4. The van der Waals surface area contributed by atoms with Crippen LogP contribution in [-0.2, 0) is 0 Å². The molecule has 0 aliphatic rings. The highest BCUT2D eigenvalue weighted by molar-refractivity contribution is 5.73. The van der Waals surface area contributed by atoms with Crippen LogP contribution in [0.5, 0.6) is 5.75 Å². The lowest BCUT2D eigenvalue weighted by atomic mass is 10.2. The van der Waals surface area contributed by atoms with Crippen molar-refractivity contribution in [3.05, 3.63) is 42.9 Å². The highest BCUT2D eigenvalue weighted by Crippen LogP contribution is 2.27. The molecule has 0 saturated carbocycles. The van der Waals surface area contributed by atoms with Crippen molar-refractivity contribution in [2.45, 2.75) is 6.92 Å². The summed E-state index contributed by atoms with van der Waals surface area (Å²) in [5.41, 5.74) is 2.12. The van der Waals surface area contributed by atoms with Gasteiger partial charge >= 0.3 is 0 Å². The lowest BCUT2D eigenvalue weighted by Crippen LogP contribution is -1.97. The van der Waals surface area contributed by atoms with Crippen LogP contribution in [0.2, 0.25) is 0 Å². The molecule has 94 valence electrons. The third-order valence-electron chi connectivity index (χ3n) is 2.65. The molecule has 0 atom stereocenters. The van der Waals surface area contributed by atoms with E-state index in [-0.39, 0.29) is 0 Å². The third kappa shape index (κ3) is 2.22. The SMILES string of the molecule is CCOc1ccccc1-c1ncc2nccnc2n1. The second-order valence-electron chi connectivity index (χ2n) is 3.89. The topological polar surface area (TPSA) is 60.8 Å². The van der Waals surface area contributed by atoms with E-state index in [1.165, 1.54) is 0 Å². The molecule has 0 N–H and O–H groups in total. The van der Waals surface area contributed by atoms with Crippen molar-refractivity contribution in [3.8, 4) is 17.1 Å². The zero-order chi connectivity index (χ0) is 13.1. The minimum absolute atomic E-state index is 0.582. The van der Waals surface area contributed by atoms with Crippen LogP contribution in [0, 0.1) is 0 Å². The molecular formula is C14H12N4O. The molecule has 2 aromatic heterocycles. The van der Waals surface area contributed by atoms with Crippen molar-refractivity contribution in [2.24, 2.45) is 0 Å². The van der Waals surface area contributed by atoms with Crippen molar-refractivity contribution in [1.82, 2.24) is 19.9 Å². The number of ether oxygens (including phenoxy) is 1. The molecule has 0 bridgehead atoms. The normalized spacial score (nSPS) is 10.6. The third-order valence-corrected chi connectivity index (χ3v) is 2.65. The zero-order valence-electron chi connectivity index (χ0n) is 10.4. The van der Waals surface area contributed by atoms with Gasteiger partial charge in [0.25, 0.3) is 0 Å². The van der Waals surface area contributed by atoms with Gasteiger partial charge in [0.15, 0.2) is 11.5 Å². The van der Waals surface area contributed by atoms with Crippen LogP contribution in [0.1, 0.15) is 6.92 Å². The minimum atomic E-state index is 0.582. The van der Waals surface area contributed by atoms with E-state index in [0.29, 0.717) is 23.6 Å². The fourth-order valence-corrected chi connectivity index (χ4v) is 1.83. The first-order chi connectivity index (χ1) is 9.38. The van der Waals surface area contributed by atoms with Crippen LogP contribution in [0.25, 0.3) is 22.6 Å². The van der Waals surface area contributed by atoms with E-state index in [1.807, 2.05) is 31.2 Å². The van der Waals surface area contributed by atoms with Crippen LogP contribution in [-0.4, -0.2) is 26.5 Å². The predicted molar refractivity (Wildman–Crippen MR) is 71.7 cm³/mol. The van der Waals surface area contributed by atoms with Crippen molar-refractivity contribution < 1.29 is 4.74 Å². The van der Waals surface area contributed by atoms with Gasteiger partial charge in [-0.25, -0.2) is 19.9 Å². The highest BCUT2D eigenvalue weighted by Gasteiger charge is 2.09. The van der Waals surface area contributed by atoms with Gasteiger partial charge < -0.3 is 4.74 Å². The first-order valence-electron chi connectivity index (χ1n) is 6.04. The molecule has 19 heavy (non-hydrogen) atoms. The van der Waals surface area contributed by atoms with Gasteiger partial charge in [-0.3, -0.25) is 0 Å². The van der Waals surface area contributed by atoms with Crippen LogP contribution in [0.4, 0.5) is 0 Å². The van der Waals surface area contributed by atoms with Gasteiger partial charge in [0.05, 0.1) is 18.4 Å². The molecule has 1 aromatic carbocycles. The Kier molecular flexibility index (Phi) is 3.02. The second-order valence-corrected chi connectivity index (χ2v) is 3.89. The number of fused-ring (bicyclic) bond motifs is 1. The van der Waals surface area contributed by atoms with Crippen LogP contribution in [0.3, 0.4) is 0 Å². The molecule has 0 amide bonds. The van der Waals surface area contributed by atoms with E-state index >= 15 is 0 Å². The number of hydrogen-bond donors (Lipinski definition) is 0. The van der Waals surface area contributed by atoms with Gasteiger partial charge in [-0.15, -0.1) is 0 Å². The maximum atomic E-state index is 5.59. The molecule has 0 unspecified atom stereocenters. The summed E-state index contributed by atoms with van der Waals surface area (Å²) in [5, 5.41) is 0. The number of rotatable bonds is 3. The number of benzene rings is 1. The van der Waals surface area contributed by atoms with Crippen molar-refractivity contribution in [1.29, 1.82) is 0 Å². The number of nitrogens with zero attached hydrogens (tertiary/aromatic N) is 4. The van der Waals surface area contributed by atoms with E-state index < -0.39 is 0 Å². The molecule has 0 saturated heterocycles. The summed E-state index contributed by atoms with van der Waals surface area (Å²) in [4.78, 5) is 17.1. The average Bonchev–Trinajstić information content (AvgIpc) is 2.48. The van der Waals surface area contributed by atoms with Gasteiger partial charge in [-0.1, -0.05) is 12.1 Å². The van der Waals surface area contributed by atoms with Gasteiger partial charge in [0, 0.05) is 12.4 Å². The first kappa shape index (κ1) is 11.5. The van der Waals surface area contributed by atoms with Gasteiger partial charge in [0.2, 0.25) is 0 Å². The van der Waals surface area contributed by atoms with Crippen LogP contribution < -0.4 is 4.74 Å². The Morgan fingerprint density at radius 2 is 1.89 bits per heavy atom. The van der Waals surface area contributed by atoms with Crippen molar-refractivity contribution in [2.75, 3.05) is 6.61 Å². The molecule has 2 heterocycles. The molecule has 0 aliphatic carbocycles. The number of para-hydroxylation sites is 1. The Balaban J connectivity index is 2.13. The fourth-order valence-electron chi connectivity index (χ4n) is 1.83. The summed E-state index contributed by atoms with van der Waals surface area (Å²) in [6.45, 7) is 2.55. The second kappa shape index (κ2) is 4.97. The maximum Gasteiger partial charge on any atom is 0.181 e. The average molecular weight is 252 g/mol. The quantitative estimate of drug-likeness (QED) is 0.716. The molecule has 0 aliphatic heterocycles. The predicted octanol–water partition coefficient (Wildman–Crippen LogP) is 2.49. The molecular weight excluding hydrogens is 240 g/mol. The van der Waals surface area contributed by atoms with Gasteiger partial charge in [-0.2, -0.15) is 0 Å². The molecule has 5 heteroatoms. The Morgan fingerprint density at radius 1 is 1.05 bits per heavy atom. The Bertz CT molecular complexity index is 714. The van der Waals surface area contributed by atoms with E-state index in [1.54, 1.807) is 18.6 Å². The lowest BCUT2D eigenvalue weighted by molar-refractivity contribution is 0.341. The summed E-state index contributed by atoms with van der Waals surface area (Å²) < 4.78 is 5.59. The van der Waals surface area contributed by atoms with E-state index in [4.69, 9.17) is 4.74 Å². The summed E-state index contributed by atoms with van der Waals surface area (Å²) in [6.07, 6.45) is 4.92. The van der Waals surface area contributed by atoms with Crippen molar-refractivity contribution in [3.63, 3.8) is 0 Å². The van der Waals surface area contributed by atoms with Crippen LogP contribution >= 0.6 is 0 Å². The summed E-state index contributed by atoms with van der Waals surface area (Å²) >= 11 is 0. The van der Waals surface area contributed by atoms with Crippen LogP contribution in [0.15, 0.2) is 42.9 Å². The number of hydrogen-bond acceptors (Lipinski definition) is 5. The molecule has 5 nitrogen and oxygen atoms in total. The Labute approximate surface area is 110 Å². The summed E-state index contributed by atoms with van der Waals surface area (Å²) in [5.74, 6) is 1.37. The smallest absolute Gasteiger partial charge is 0.181 e. The van der Waals surface area contributed by atoms with E-state index in [2.05, 4.69) is 19.9 Å². The molecule has 3 rings (SSSR count). The van der Waals surface area contributed by atoms with Crippen molar-refractivity contribution >= 4 is 11.2 Å². The fraction of sp³-hybridized carbons (Fsp3) is 0.143. The molecule has 0 fully saturated rings. The molecule has 3 aromatic rings. The zero-order valence-corrected chi connectivity index (χ0v) is 10.4. The summed E-state index contributed by atoms with van der Waals surface area (Å²) in [7, 11) is 0. The summed E-state index contributed by atoms with van der Waals surface area (Å²) in [6, 6.07) is 7.70. The minimum Gasteiger partial charge on any atom is -0.493 e. The first-order valence-corrected chi connectivity index (χ1v) is 6.04. The standard InChI is InChI=1S/C14H12N4O/c1-2-19-12-6-4-3-5-10(12)13-17-9-11-14(18-13)16-8-7-15-11/h3-9H,2H2,1H3. The Morgan fingerprint density at radius 3 is 2.79 bits per heavy atom. The van der Waals surface area contributed by atoms with Gasteiger partial charge in [0.1, 0.15) is 11.3 Å².